The van der Waals surface area contributed by atoms with E-state index in [1.807, 2.05) is 12.1 Å². The molecule has 1 saturated heterocycles. The van der Waals surface area contributed by atoms with E-state index < -0.39 is 0 Å². The van der Waals surface area contributed by atoms with Crippen LogP contribution in [0.4, 0.5) is 5.82 Å². The average molecular weight is 249 g/mol. The Bertz CT molecular complexity index is 419. The quantitative estimate of drug-likeness (QED) is 0.817. The Kier molecular flexibility index (Phi) is 3.62. The van der Waals surface area contributed by atoms with Crippen molar-refractivity contribution in [3.05, 3.63) is 23.9 Å². The summed E-state index contributed by atoms with van der Waals surface area (Å²) in [5, 5.41) is 0. The summed E-state index contributed by atoms with van der Waals surface area (Å²) in [6.45, 7) is 5.63. The van der Waals surface area contributed by atoms with Gasteiger partial charge in [0.2, 0.25) is 0 Å². The van der Waals surface area contributed by atoms with Gasteiger partial charge in [-0.25, -0.2) is 4.98 Å². The Hall–Kier alpha value is -1.16. The largest absolute Gasteiger partial charge is 0.389 e. The van der Waals surface area contributed by atoms with Gasteiger partial charge in [-0.2, -0.15) is 0 Å². The zero-order chi connectivity index (χ0) is 12.4. The van der Waals surface area contributed by atoms with Gasteiger partial charge in [0.25, 0.3) is 0 Å². The molecule has 4 heteroatoms. The average Bonchev–Trinajstić information content (AvgIpc) is 2.29. The Labute approximate surface area is 108 Å². The summed E-state index contributed by atoms with van der Waals surface area (Å²) in [7, 11) is 0. The normalized spacial score (nSPS) is 24.7. The second-order valence-electron chi connectivity index (χ2n) is 4.94. The molecule has 3 nitrogen and oxygen atoms in total. The van der Waals surface area contributed by atoms with Crippen molar-refractivity contribution in [3.8, 4) is 0 Å². The van der Waals surface area contributed by atoms with E-state index in [2.05, 4.69) is 23.7 Å². The first kappa shape index (κ1) is 12.3. The van der Waals surface area contributed by atoms with E-state index >= 15 is 0 Å². The smallest absolute Gasteiger partial charge is 0.129 e. The van der Waals surface area contributed by atoms with Crippen molar-refractivity contribution in [2.24, 2.45) is 11.7 Å². The van der Waals surface area contributed by atoms with Gasteiger partial charge in [-0.15, -0.1) is 0 Å². The van der Waals surface area contributed by atoms with Crippen LogP contribution < -0.4 is 10.6 Å². The van der Waals surface area contributed by atoms with Crippen molar-refractivity contribution in [1.82, 2.24) is 4.98 Å². The molecule has 0 amide bonds. The topological polar surface area (TPSA) is 42.1 Å². The van der Waals surface area contributed by atoms with Crippen molar-refractivity contribution < 1.29 is 0 Å². The maximum absolute atomic E-state index is 5.65. The first-order valence-electron chi connectivity index (χ1n) is 6.10. The van der Waals surface area contributed by atoms with Crippen LogP contribution in [0.1, 0.15) is 32.3 Å². The molecular weight excluding hydrogens is 230 g/mol. The molecule has 2 N–H and O–H groups in total. The molecule has 1 fully saturated rings. The monoisotopic (exact) mass is 249 g/mol. The number of rotatable bonds is 2. The molecule has 1 aliphatic heterocycles. The Morgan fingerprint density at radius 3 is 2.94 bits per heavy atom. The van der Waals surface area contributed by atoms with Gasteiger partial charge < -0.3 is 10.6 Å². The molecule has 1 aliphatic rings. The van der Waals surface area contributed by atoms with Gasteiger partial charge in [0, 0.05) is 24.3 Å². The lowest BCUT2D eigenvalue weighted by Crippen LogP contribution is -2.40. The Morgan fingerprint density at radius 1 is 1.53 bits per heavy atom. The summed E-state index contributed by atoms with van der Waals surface area (Å²) in [6, 6.07) is 4.39. The van der Waals surface area contributed by atoms with Crippen molar-refractivity contribution in [2.45, 2.75) is 32.7 Å². The van der Waals surface area contributed by atoms with Crippen LogP contribution in [-0.2, 0) is 0 Å². The Balaban J connectivity index is 2.22. The van der Waals surface area contributed by atoms with Gasteiger partial charge in [-0.1, -0.05) is 19.1 Å². The number of nitrogens with zero attached hydrogens (tertiary/aromatic N) is 2. The predicted molar refractivity (Wildman–Crippen MR) is 75.3 cm³/mol. The van der Waals surface area contributed by atoms with Crippen LogP contribution in [0.2, 0.25) is 0 Å². The van der Waals surface area contributed by atoms with Crippen LogP contribution in [0, 0.1) is 5.92 Å². The van der Waals surface area contributed by atoms with Crippen molar-refractivity contribution in [3.63, 3.8) is 0 Å². The highest BCUT2D eigenvalue weighted by Gasteiger charge is 2.23. The molecule has 92 valence electrons. The first-order chi connectivity index (χ1) is 8.08. The summed E-state index contributed by atoms with van der Waals surface area (Å²) < 4.78 is 0. The number of nitrogens with two attached hydrogens (primary N) is 1. The number of hydrogen-bond donors (Lipinski definition) is 1. The summed E-state index contributed by atoms with van der Waals surface area (Å²) >= 11 is 5.00. The number of piperidine rings is 1. The minimum absolute atomic E-state index is 0.437. The van der Waals surface area contributed by atoms with Crippen LogP contribution >= 0.6 is 12.2 Å². The highest BCUT2D eigenvalue weighted by Crippen LogP contribution is 2.26. The van der Waals surface area contributed by atoms with E-state index in [0.29, 0.717) is 11.0 Å². The van der Waals surface area contributed by atoms with Crippen LogP contribution in [0.15, 0.2) is 18.3 Å². The molecule has 17 heavy (non-hydrogen) atoms. The number of pyridine rings is 1. The van der Waals surface area contributed by atoms with Crippen molar-refractivity contribution in [2.75, 3.05) is 11.4 Å². The molecule has 1 aromatic heterocycles. The molecule has 0 spiro atoms. The summed E-state index contributed by atoms with van der Waals surface area (Å²) in [6.07, 6.45) is 4.23. The summed E-state index contributed by atoms with van der Waals surface area (Å²) in [5.74, 6) is 1.80. The minimum Gasteiger partial charge on any atom is -0.389 e. The first-order valence-corrected chi connectivity index (χ1v) is 6.51. The number of thiocarbonyl (C=S) groups is 1. The fraction of sp³-hybridized carbons (Fsp3) is 0.538. The van der Waals surface area contributed by atoms with Crippen LogP contribution in [0.3, 0.4) is 0 Å². The summed E-state index contributed by atoms with van der Waals surface area (Å²) in [4.78, 5) is 7.22. The number of anilines is 1. The van der Waals surface area contributed by atoms with E-state index in [4.69, 9.17) is 18.0 Å². The molecule has 0 radical (unpaired) electrons. The molecule has 0 aromatic carbocycles. The third kappa shape index (κ3) is 2.75. The summed E-state index contributed by atoms with van der Waals surface area (Å²) in [5.41, 5.74) is 6.55. The van der Waals surface area contributed by atoms with Gasteiger partial charge >= 0.3 is 0 Å². The van der Waals surface area contributed by atoms with Gasteiger partial charge in [-0.05, 0) is 37.8 Å². The lowest BCUT2D eigenvalue weighted by atomic mass is 9.93. The third-order valence-corrected chi connectivity index (χ3v) is 3.70. The SMILES string of the molecule is CC1CCN(c2cc(C(N)=S)ccn2)C(C)C1. The van der Waals surface area contributed by atoms with Gasteiger partial charge in [0.05, 0.1) is 0 Å². The van der Waals surface area contributed by atoms with Gasteiger partial charge in [-0.3, -0.25) is 0 Å². The molecule has 0 bridgehead atoms. The molecule has 2 heterocycles. The lowest BCUT2D eigenvalue weighted by molar-refractivity contribution is 0.376. The van der Waals surface area contributed by atoms with Crippen LogP contribution in [-0.4, -0.2) is 22.6 Å². The second-order valence-corrected chi connectivity index (χ2v) is 5.38. The van der Waals surface area contributed by atoms with E-state index in [0.717, 1.165) is 23.8 Å². The molecule has 2 rings (SSSR count). The number of hydrogen-bond acceptors (Lipinski definition) is 3. The fourth-order valence-corrected chi connectivity index (χ4v) is 2.60. The molecule has 2 atom stereocenters. The standard InChI is InChI=1S/C13H19N3S/c1-9-4-6-16(10(2)7-9)12-8-11(13(14)17)3-5-15-12/h3,5,8-10H,4,6-7H2,1-2H3,(H2,14,17). The highest BCUT2D eigenvalue weighted by atomic mass is 32.1. The van der Waals surface area contributed by atoms with Crippen molar-refractivity contribution >= 4 is 23.0 Å². The van der Waals surface area contributed by atoms with Gasteiger partial charge in [0.15, 0.2) is 0 Å². The third-order valence-electron chi connectivity index (χ3n) is 3.46. The lowest BCUT2D eigenvalue weighted by Gasteiger charge is -2.37. The van der Waals surface area contributed by atoms with E-state index in [9.17, 15) is 0 Å². The molecule has 0 saturated carbocycles. The van der Waals surface area contributed by atoms with E-state index in [1.165, 1.54) is 12.8 Å². The van der Waals surface area contributed by atoms with E-state index in [-0.39, 0.29) is 0 Å². The predicted octanol–water partition coefficient (Wildman–Crippen LogP) is 2.34. The second kappa shape index (κ2) is 5.00. The molecule has 0 aliphatic carbocycles. The van der Waals surface area contributed by atoms with Gasteiger partial charge in [0.1, 0.15) is 10.8 Å². The van der Waals surface area contributed by atoms with Crippen LogP contribution in [0.25, 0.3) is 0 Å². The van der Waals surface area contributed by atoms with Crippen LogP contribution in [0.5, 0.6) is 0 Å². The zero-order valence-electron chi connectivity index (χ0n) is 10.4. The molecule has 1 aromatic rings. The van der Waals surface area contributed by atoms with E-state index in [1.54, 1.807) is 6.20 Å². The molecule has 2 unspecified atom stereocenters. The molecular formula is C13H19N3S. The zero-order valence-corrected chi connectivity index (χ0v) is 11.2. The Morgan fingerprint density at radius 2 is 2.29 bits per heavy atom. The minimum atomic E-state index is 0.437. The number of aromatic nitrogens is 1. The fourth-order valence-electron chi connectivity index (χ4n) is 2.48. The van der Waals surface area contributed by atoms with Crippen molar-refractivity contribution in [1.29, 1.82) is 0 Å². The maximum atomic E-state index is 5.65. The maximum Gasteiger partial charge on any atom is 0.129 e. The highest BCUT2D eigenvalue weighted by molar-refractivity contribution is 7.80.